The molecule has 0 spiro atoms. The molecule has 2 fully saturated rings. The molecule has 5 heteroatoms. The molecule has 5 nitrogen and oxygen atoms in total. The van der Waals surface area contributed by atoms with Gasteiger partial charge in [-0.3, -0.25) is 4.79 Å². The Morgan fingerprint density at radius 3 is 2.60 bits per heavy atom. The van der Waals surface area contributed by atoms with Gasteiger partial charge in [-0.15, -0.1) is 0 Å². The van der Waals surface area contributed by atoms with E-state index >= 15 is 0 Å². The second kappa shape index (κ2) is 4.86. The average Bonchev–Trinajstić information content (AvgIpc) is 2.91. The molecule has 110 valence electrons. The van der Waals surface area contributed by atoms with Crippen molar-refractivity contribution < 1.29 is 9.32 Å². The van der Waals surface area contributed by atoms with Crippen LogP contribution >= 0.6 is 0 Å². The molecular formula is C15H23N3O2. The molecule has 1 aromatic rings. The van der Waals surface area contributed by atoms with Crippen LogP contribution in [0.2, 0.25) is 0 Å². The van der Waals surface area contributed by atoms with Crippen molar-refractivity contribution >= 4 is 5.91 Å². The number of nitrogens with zero attached hydrogens (tertiary/aromatic N) is 3. The predicted molar refractivity (Wildman–Crippen MR) is 74.0 cm³/mol. The van der Waals surface area contributed by atoms with Crippen LogP contribution < -0.4 is 0 Å². The Kier molecular flexibility index (Phi) is 3.30. The Hall–Kier alpha value is -1.39. The highest BCUT2D eigenvalue weighted by molar-refractivity contribution is 5.82. The average molecular weight is 277 g/mol. The van der Waals surface area contributed by atoms with Gasteiger partial charge in [-0.25, -0.2) is 0 Å². The Morgan fingerprint density at radius 1 is 1.25 bits per heavy atom. The summed E-state index contributed by atoms with van der Waals surface area (Å²) in [7, 11) is 0. The van der Waals surface area contributed by atoms with E-state index in [2.05, 4.69) is 10.1 Å². The molecule has 2 aliphatic rings. The van der Waals surface area contributed by atoms with E-state index in [1.54, 1.807) is 0 Å². The van der Waals surface area contributed by atoms with E-state index in [9.17, 15) is 4.79 Å². The van der Waals surface area contributed by atoms with E-state index in [4.69, 9.17) is 4.52 Å². The molecule has 0 N–H and O–H groups in total. The van der Waals surface area contributed by atoms with Crippen molar-refractivity contribution in [1.82, 2.24) is 15.0 Å². The van der Waals surface area contributed by atoms with Crippen LogP contribution in [-0.2, 0) is 4.79 Å². The van der Waals surface area contributed by atoms with Gasteiger partial charge in [0.15, 0.2) is 5.82 Å². The maximum atomic E-state index is 12.5. The molecule has 3 rings (SSSR count). The third kappa shape index (κ3) is 2.34. The van der Waals surface area contributed by atoms with E-state index in [-0.39, 0.29) is 17.4 Å². The first kappa shape index (κ1) is 13.6. The number of hydrogen-bond donors (Lipinski definition) is 0. The molecule has 1 aromatic heterocycles. The first-order valence-corrected chi connectivity index (χ1v) is 7.61. The van der Waals surface area contributed by atoms with E-state index in [0.29, 0.717) is 11.8 Å². The number of carbonyl (C=O) groups is 1. The Morgan fingerprint density at radius 2 is 2.00 bits per heavy atom. The lowest BCUT2D eigenvalue weighted by molar-refractivity contribution is -0.140. The van der Waals surface area contributed by atoms with Crippen molar-refractivity contribution in [2.75, 3.05) is 6.54 Å². The van der Waals surface area contributed by atoms with Gasteiger partial charge < -0.3 is 9.42 Å². The summed E-state index contributed by atoms with van der Waals surface area (Å²) in [5.74, 6) is 2.10. The molecule has 0 unspecified atom stereocenters. The number of aromatic nitrogens is 2. The zero-order valence-corrected chi connectivity index (χ0v) is 12.6. The second-order valence-electron chi connectivity index (χ2n) is 7.03. The predicted octanol–water partition coefficient (Wildman–Crippen LogP) is 3.05. The zero-order valence-electron chi connectivity index (χ0n) is 12.6. The number of carbonyl (C=O) groups excluding carboxylic acids is 1. The first-order valence-electron chi connectivity index (χ1n) is 7.61. The quantitative estimate of drug-likeness (QED) is 0.833. The van der Waals surface area contributed by atoms with Crippen molar-refractivity contribution in [3.63, 3.8) is 0 Å². The fraction of sp³-hybridized carbons (Fsp3) is 0.800. The normalized spacial score (nSPS) is 23.9. The molecule has 1 aliphatic carbocycles. The fourth-order valence-corrected chi connectivity index (χ4v) is 2.91. The van der Waals surface area contributed by atoms with Crippen LogP contribution in [0.25, 0.3) is 0 Å². The largest absolute Gasteiger partial charge is 0.337 e. The Balaban J connectivity index is 1.78. The van der Waals surface area contributed by atoms with Crippen LogP contribution in [0.5, 0.6) is 0 Å². The summed E-state index contributed by atoms with van der Waals surface area (Å²) in [6.07, 6.45) is 5.51. The zero-order chi connectivity index (χ0) is 14.3. The summed E-state index contributed by atoms with van der Waals surface area (Å²) >= 11 is 0. The van der Waals surface area contributed by atoms with Crippen LogP contribution in [-0.4, -0.2) is 27.5 Å². The van der Waals surface area contributed by atoms with Gasteiger partial charge in [-0.05, 0) is 25.7 Å². The van der Waals surface area contributed by atoms with Crippen LogP contribution in [0, 0.1) is 5.41 Å². The topological polar surface area (TPSA) is 59.2 Å². The van der Waals surface area contributed by atoms with Crippen LogP contribution in [0.3, 0.4) is 0 Å². The van der Waals surface area contributed by atoms with E-state index in [1.807, 2.05) is 25.7 Å². The Labute approximate surface area is 119 Å². The minimum Gasteiger partial charge on any atom is -0.337 e. The maximum absolute atomic E-state index is 12.5. The monoisotopic (exact) mass is 277 g/mol. The third-order valence-electron chi connectivity index (χ3n) is 4.37. The van der Waals surface area contributed by atoms with Crippen molar-refractivity contribution in [1.29, 1.82) is 0 Å². The summed E-state index contributed by atoms with van der Waals surface area (Å²) in [6, 6.07) is -0.0250. The minimum absolute atomic E-state index is 0.0250. The smallest absolute Gasteiger partial charge is 0.249 e. The van der Waals surface area contributed by atoms with Crippen molar-refractivity contribution in [3.05, 3.63) is 11.7 Å². The van der Waals surface area contributed by atoms with Crippen LogP contribution in [0.4, 0.5) is 0 Å². The minimum atomic E-state index is -0.362. The van der Waals surface area contributed by atoms with Gasteiger partial charge in [0.05, 0.1) is 0 Å². The fourth-order valence-electron chi connectivity index (χ4n) is 2.91. The summed E-state index contributed by atoms with van der Waals surface area (Å²) < 4.78 is 5.44. The summed E-state index contributed by atoms with van der Waals surface area (Å²) in [5.41, 5.74) is -0.362. The van der Waals surface area contributed by atoms with Gasteiger partial charge in [-0.2, -0.15) is 4.98 Å². The highest BCUT2D eigenvalue weighted by Gasteiger charge is 2.39. The second-order valence-corrected chi connectivity index (χ2v) is 7.03. The third-order valence-corrected chi connectivity index (χ3v) is 4.37. The highest BCUT2D eigenvalue weighted by Crippen LogP contribution is 2.38. The molecule has 1 saturated heterocycles. The summed E-state index contributed by atoms with van der Waals surface area (Å²) in [5, 5.41) is 4.11. The molecule has 1 saturated carbocycles. The summed E-state index contributed by atoms with van der Waals surface area (Å²) in [4.78, 5) is 19.0. The van der Waals surface area contributed by atoms with E-state index in [0.717, 1.165) is 38.1 Å². The van der Waals surface area contributed by atoms with Gasteiger partial charge in [0.2, 0.25) is 11.8 Å². The number of hydrogen-bond acceptors (Lipinski definition) is 4. The summed E-state index contributed by atoms with van der Waals surface area (Å²) in [6.45, 7) is 6.66. The van der Waals surface area contributed by atoms with E-state index in [1.165, 1.54) is 6.42 Å². The molecule has 20 heavy (non-hydrogen) atoms. The molecule has 1 aliphatic heterocycles. The molecular weight excluding hydrogens is 254 g/mol. The van der Waals surface area contributed by atoms with Crippen LogP contribution in [0.15, 0.2) is 4.52 Å². The molecule has 2 heterocycles. The van der Waals surface area contributed by atoms with Crippen molar-refractivity contribution in [2.24, 2.45) is 5.41 Å². The number of amides is 1. The van der Waals surface area contributed by atoms with Gasteiger partial charge in [0, 0.05) is 17.9 Å². The number of likely N-dealkylation sites (tertiary alicyclic amines) is 1. The lowest BCUT2D eigenvalue weighted by atomic mass is 9.85. The van der Waals surface area contributed by atoms with Gasteiger partial charge in [-0.1, -0.05) is 32.3 Å². The van der Waals surface area contributed by atoms with Crippen molar-refractivity contribution in [2.45, 2.75) is 64.8 Å². The lowest BCUT2D eigenvalue weighted by Gasteiger charge is -2.29. The molecule has 0 bridgehead atoms. The van der Waals surface area contributed by atoms with Crippen molar-refractivity contribution in [3.8, 4) is 0 Å². The molecule has 0 radical (unpaired) electrons. The van der Waals surface area contributed by atoms with Gasteiger partial charge in [0.25, 0.3) is 0 Å². The standard InChI is InChI=1S/C15H23N3O2/c1-15(2,3)14(19)18-9-5-8-11(18)13-16-12(17-20-13)10-6-4-7-10/h10-11H,4-9H2,1-3H3/t11-/m0/s1. The first-order chi connectivity index (χ1) is 9.47. The van der Waals surface area contributed by atoms with Gasteiger partial charge in [0.1, 0.15) is 6.04 Å². The molecule has 1 amide bonds. The van der Waals surface area contributed by atoms with Crippen LogP contribution in [0.1, 0.15) is 76.6 Å². The Bertz CT molecular complexity index is 499. The molecule has 0 aromatic carbocycles. The SMILES string of the molecule is CC(C)(C)C(=O)N1CCC[C@H]1c1nc(C2CCC2)no1. The van der Waals surface area contributed by atoms with E-state index < -0.39 is 0 Å². The number of rotatable bonds is 2. The lowest BCUT2D eigenvalue weighted by Crippen LogP contribution is -2.39. The highest BCUT2D eigenvalue weighted by atomic mass is 16.5. The van der Waals surface area contributed by atoms with Gasteiger partial charge >= 0.3 is 0 Å². The molecule has 1 atom stereocenters. The maximum Gasteiger partial charge on any atom is 0.249 e.